The molecule has 0 heterocycles. The lowest BCUT2D eigenvalue weighted by Gasteiger charge is -2.20. The number of nitrogens with two attached hydrogens (primary N) is 1. The van der Waals surface area contributed by atoms with Crippen LogP contribution in [0.5, 0.6) is 0 Å². The molecule has 4 heteroatoms. The van der Waals surface area contributed by atoms with Gasteiger partial charge in [0, 0.05) is 19.3 Å². The molecule has 2 N–H and O–H groups in total. The van der Waals surface area contributed by atoms with Crippen LogP contribution in [-0.4, -0.2) is 26.2 Å². The van der Waals surface area contributed by atoms with Crippen LogP contribution in [0.4, 0.5) is 11.4 Å². The molecule has 0 saturated carbocycles. The van der Waals surface area contributed by atoms with Crippen molar-refractivity contribution in [1.29, 1.82) is 0 Å². The summed E-state index contributed by atoms with van der Waals surface area (Å²) in [5, 5.41) is 0. The van der Waals surface area contributed by atoms with Gasteiger partial charge in [0.1, 0.15) is 0 Å². The normalized spacial score (nSPS) is 9.94. The first-order chi connectivity index (χ1) is 7.60. The van der Waals surface area contributed by atoms with Gasteiger partial charge in [-0.25, -0.2) is 4.79 Å². The second-order valence-electron chi connectivity index (χ2n) is 3.51. The van der Waals surface area contributed by atoms with E-state index in [1.54, 1.807) is 19.1 Å². The second-order valence-corrected chi connectivity index (χ2v) is 3.51. The molecule has 0 aliphatic carbocycles. The summed E-state index contributed by atoms with van der Waals surface area (Å²) in [6.07, 6.45) is 0. The number of rotatable bonds is 4. The van der Waals surface area contributed by atoms with E-state index in [-0.39, 0.29) is 5.97 Å². The first-order valence-electron chi connectivity index (χ1n) is 5.37. The summed E-state index contributed by atoms with van der Waals surface area (Å²) in [6, 6.07) is 5.27. The van der Waals surface area contributed by atoms with E-state index in [1.807, 2.05) is 24.9 Å². The number of nitrogen functional groups attached to an aromatic ring is 1. The topological polar surface area (TPSA) is 55.6 Å². The molecule has 0 aliphatic rings. The minimum Gasteiger partial charge on any atom is -0.462 e. The Kier molecular flexibility index (Phi) is 4.17. The van der Waals surface area contributed by atoms with E-state index in [9.17, 15) is 4.79 Å². The molecule has 0 fully saturated rings. The van der Waals surface area contributed by atoms with Crippen molar-refractivity contribution < 1.29 is 9.53 Å². The van der Waals surface area contributed by atoms with Crippen molar-refractivity contribution in [3.63, 3.8) is 0 Å². The van der Waals surface area contributed by atoms with E-state index in [1.165, 1.54) is 0 Å². The summed E-state index contributed by atoms with van der Waals surface area (Å²) in [6.45, 7) is 4.98. The lowest BCUT2D eigenvalue weighted by molar-refractivity contribution is 0.0527. The Labute approximate surface area is 96.0 Å². The molecular formula is C12H18N2O2. The number of esters is 1. The number of benzene rings is 1. The van der Waals surface area contributed by atoms with Crippen molar-refractivity contribution in [1.82, 2.24) is 0 Å². The van der Waals surface area contributed by atoms with Gasteiger partial charge in [0.15, 0.2) is 0 Å². The first kappa shape index (κ1) is 12.4. The summed E-state index contributed by atoms with van der Waals surface area (Å²) < 4.78 is 5.00. The van der Waals surface area contributed by atoms with Crippen molar-refractivity contribution in [2.75, 3.05) is 30.8 Å². The largest absolute Gasteiger partial charge is 0.462 e. The molecule has 0 unspecified atom stereocenters. The number of carbonyl (C=O) groups is 1. The summed E-state index contributed by atoms with van der Waals surface area (Å²) in [5.74, 6) is -0.329. The smallest absolute Gasteiger partial charge is 0.340 e. The molecule has 0 amide bonds. The van der Waals surface area contributed by atoms with Gasteiger partial charge in [0.05, 0.1) is 17.9 Å². The SMILES string of the molecule is CCOC(=O)c1cc(N)ccc1N(C)CC. The molecule has 16 heavy (non-hydrogen) atoms. The third kappa shape index (κ3) is 2.66. The standard InChI is InChI=1S/C12H18N2O2/c1-4-14(3)11-7-6-9(13)8-10(11)12(15)16-5-2/h6-8H,4-5,13H2,1-3H3. The van der Waals surface area contributed by atoms with Gasteiger partial charge >= 0.3 is 5.97 Å². The second kappa shape index (κ2) is 5.39. The third-order valence-electron chi connectivity index (χ3n) is 2.40. The van der Waals surface area contributed by atoms with Crippen LogP contribution >= 0.6 is 0 Å². The Morgan fingerprint density at radius 1 is 1.44 bits per heavy atom. The fraction of sp³-hybridized carbons (Fsp3) is 0.417. The summed E-state index contributed by atoms with van der Waals surface area (Å²) in [7, 11) is 1.92. The Morgan fingerprint density at radius 3 is 2.69 bits per heavy atom. The van der Waals surface area contributed by atoms with Crippen LogP contribution in [0.3, 0.4) is 0 Å². The third-order valence-corrected chi connectivity index (χ3v) is 2.40. The maximum Gasteiger partial charge on any atom is 0.340 e. The molecule has 0 atom stereocenters. The zero-order chi connectivity index (χ0) is 12.1. The molecular weight excluding hydrogens is 204 g/mol. The predicted octanol–water partition coefficient (Wildman–Crippen LogP) is 1.90. The molecule has 1 aromatic rings. The van der Waals surface area contributed by atoms with Gasteiger partial charge in [-0.15, -0.1) is 0 Å². The van der Waals surface area contributed by atoms with Gasteiger partial charge in [-0.1, -0.05) is 0 Å². The van der Waals surface area contributed by atoms with Gasteiger partial charge in [0.25, 0.3) is 0 Å². The zero-order valence-corrected chi connectivity index (χ0v) is 9.99. The quantitative estimate of drug-likeness (QED) is 0.624. The molecule has 0 spiro atoms. The molecule has 0 bridgehead atoms. The lowest BCUT2D eigenvalue weighted by Crippen LogP contribution is -2.20. The zero-order valence-electron chi connectivity index (χ0n) is 9.99. The van der Waals surface area contributed by atoms with Crippen molar-refractivity contribution in [2.45, 2.75) is 13.8 Å². The predicted molar refractivity (Wildman–Crippen MR) is 65.8 cm³/mol. The maximum atomic E-state index is 11.7. The summed E-state index contributed by atoms with van der Waals surface area (Å²) in [5.41, 5.74) is 7.61. The molecule has 4 nitrogen and oxygen atoms in total. The van der Waals surface area contributed by atoms with E-state index in [0.717, 1.165) is 12.2 Å². The average molecular weight is 222 g/mol. The molecule has 88 valence electrons. The van der Waals surface area contributed by atoms with Gasteiger partial charge < -0.3 is 15.4 Å². The van der Waals surface area contributed by atoms with Gasteiger partial charge in [0.2, 0.25) is 0 Å². The van der Waals surface area contributed by atoms with E-state index in [4.69, 9.17) is 10.5 Å². The van der Waals surface area contributed by atoms with Crippen LogP contribution in [0.2, 0.25) is 0 Å². The summed E-state index contributed by atoms with van der Waals surface area (Å²) in [4.78, 5) is 13.7. The van der Waals surface area contributed by atoms with E-state index < -0.39 is 0 Å². The van der Waals surface area contributed by atoms with Crippen molar-refractivity contribution in [3.8, 4) is 0 Å². The van der Waals surface area contributed by atoms with E-state index in [2.05, 4.69) is 0 Å². The van der Waals surface area contributed by atoms with Crippen LogP contribution in [-0.2, 0) is 4.74 Å². The molecule has 0 saturated heterocycles. The maximum absolute atomic E-state index is 11.7. The molecule has 0 aliphatic heterocycles. The van der Waals surface area contributed by atoms with Crippen molar-refractivity contribution >= 4 is 17.3 Å². The van der Waals surface area contributed by atoms with Crippen LogP contribution in [0, 0.1) is 0 Å². The van der Waals surface area contributed by atoms with Gasteiger partial charge in [-0.3, -0.25) is 0 Å². The number of nitrogens with zero attached hydrogens (tertiary/aromatic N) is 1. The Hall–Kier alpha value is -1.71. The highest BCUT2D eigenvalue weighted by molar-refractivity contribution is 5.96. The van der Waals surface area contributed by atoms with Crippen LogP contribution < -0.4 is 10.6 Å². The average Bonchev–Trinajstić information content (AvgIpc) is 2.28. The molecule has 0 radical (unpaired) electrons. The lowest BCUT2D eigenvalue weighted by atomic mass is 10.1. The number of hydrogen-bond donors (Lipinski definition) is 1. The highest BCUT2D eigenvalue weighted by atomic mass is 16.5. The monoisotopic (exact) mass is 222 g/mol. The number of hydrogen-bond acceptors (Lipinski definition) is 4. The van der Waals surface area contributed by atoms with Gasteiger partial charge in [-0.05, 0) is 32.0 Å². The Bertz CT molecular complexity index is 377. The van der Waals surface area contributed by atoms with Crippen LogP contribution in [0.15, 0.2) is 18.2 Å². The van der Waals surface area contributed by atoms with Crippen LogP contribution in [0.1, 0.15) is 24.2 Å². The Balaban J connectivity index is 3.12. The molecule has 1 aromatic carbocycles. The highest BCUT2D eigenvalue weighted by Crippen LogP contribution is 2.22. The first-order valence-corrected chi connectivity index (χ1v) is 5.37. The fourth-order valence-electron chi connectivity index (χ4n) is 1.43. The molecule has 0 aromatic heterocycles. The number of ether oxygens (including phenoxy) is 1. The van der Waals surface area contributed by atoms with Crippen molar-refractivity contribution in [3.05, 3.63) is 23.8 Å². The molecule has 1 rings (SSSR count). The number of anilines is 2. The minimum absolute atomic E-state index is 0.329. The van der Waals surface area contributed by atoms with E-state index in [0.29, 0.717) is 17.9 Å². The highest BCUT2D eigenvalue weighted by Gasteiger charge is 2.14. The van der Waals surface area contributed by atoms with Gasteiger partial charge in [-0.2, -0.15) is 0 Å². The number of carbonyl (C=O) groups excluding carboxylic acids is 1. The Morgan fingerprint density at radius 2 is 2.12 bits per heavy atom. The van der Waals surface area contributed by atoms with E-state index >= 15 is 0 Å². The fourth-order valence-corrected chi connectivity index (χ4v) is 1.43. The van der Waals surface area contributed by atoms with Crippen molar-refractivity contribution in [2.24, 2.45) is 0 Å². The van der Waals surface area contributed by atoms with Crippen LogP contribution in [0.25, 0.3) is 0 Å². The summed E-state index contributed by atoms with van der Waals surface area (Å²) >= 11 is 0. The minimum atomic E-state index is -0.329.